The number of para-hydroxylation sites is 1. The fourth-order valence-electron chi connectivity index (χ4n) is 5.51. The van der Waals surface area contributed by atoms with Crippen LogP contribution in [0, 0.1) is 11.3 Å². The topological polar surface area (TPSA) is 78.7 Å². The van der Waals surface area contributed by atoms with Crippen molar-refractivity contribution in [2.75, 3.05) is 36.0 Å². The molecular formula is C31H28N4O3. The van der Waals surface area contributed by atoms with Crippen molar-refractivity contribution in [1.29, 1.82) is 5.26 Å². The zero-order chi connectivity index (χ0) is 26.2. The Morgan fingerprint density at radius 3 is 2.26 bits per heavy atom. The second kappa shape index (κ2) is 9.81. The number of hydrogen-bond donors (Lipinski definition) is 0. The molecule has 2 unspecified atom stereocenters. The maximum absolute atomic E-state index is 12.8. The van der Waals surface area contributed by atoms with E-state index in [1.54, 1.807) is 17.0 Å². The number of carbonyl (C=O) groups excluding carboxylic acids is 1. The van der Waals surface area contributed by atoms with Crippen molar-refractivity contribution in [1.82, 2.24) is 4.98 Å². The van der Waals surface area contributed by atoms with E-state index >= 15 is 0 Å². The van der Waals surface area contributed by atoms with Gasteiger partial charge >= 0.3 is 6.09 Å². The number of nitrogens with zero attached hydrogens (tertiary/aromatic N) is 4. The van der Waals surface area contributed by atoms with Gasteiger partial charge in [0.15, 0.2) is 0 Å². The Kier molecular flexibility index (Phi) is 6.18. The number of carbonyl (C=O) groups is 1. The van der Waals surface area contributed by atoms with Gasteiger partial charge in [-0.15, -0.1) is 0 Å². The first-order valence-electron chi connectivity index (χ1n) is 12.9. The molecule has 3 heterocycles. The summed E-state index contributed by atoms with van der Waals surface area (Å²) < 4.78 is 11.2. The molecule has 7 heteroatoms. The zero-order valence-corrected chi connectivity index (χ0v) is 21.4. The molecule has 0 spiro atoms. The summed E-state index contributed by atoms with van der Waals surface area (Å²) >= 11 is 0. The molecule has 0 radical (unpaired) electrons. The van der Waals surface area contributed by atoms with E-state index in [0.717, 1.165) is 57.6 Å². The Bertz CT molecular complexity index is 1530. The second-order valence-electron chi connectivity index (χ2n) is 9.89. The van der Waals surface area contributed by atoms with Gasteiger partial charge < -0.3 is 14.4 Å². The fraction of sp³-hybridized carbons (Fsp3) is 0.258. The minimum Gasteiger partial charge on any atom is -0.447 e. The molecule has 0 bridgehead atoms. The predicted octanol–water partition coefficient (Wildman–Crippen LogP) is 6.01. The van der Waals surface area contributed by atoms with Crippen LogP contribution in [-0.2, 0) is 9.47 Å². The highest BCUT2D eigenvalue weighted by Gasteiger charge is 2.29. The molecule has 0 N–H and O–H groups in total. The molecule has 2 saturated heterocycles. The highest BCUT2D eigenvalue weighted by molar-refractivity contribution is 6.10. The lowest BCUT2D eigenvalue weighted by Crippen LogP contribution is -2.45. The first kappa shape index (κ1) is 24.0. The molecule has 38 heavy (non-hydrogen) atoms. The number of rotatable bonds is 4. The number of amides is 1. The molecule has 1 aromatic heterocycles. The molecule has 0 saturated carbocycles. The maximum atomic E-state index is 12.8. The third-order valence-corrected chi connectivity index (χ3v) is 7.19. The van der Waals surface area contributed by atoms with E-state index in [1.165, 1.54) is 0 Å². The summed E-state index contributed by atoms with van der Waals surface area (Å²) in [7, 11) is 0. The monoisotopic (exact) mass is 504 g/mol. The van der Waals surface area contributed by atoms with E-state index in [-0.39, 0.29) is 18.3 Å². The summed E-state index contributed by atoms with van der Waals surface area (Å²) in [5, 5.41) is 10.1. The summed E-state index contributed by atoms with van der Waals surface area (Å²) in [4.78, 5) is 21.7. The van der Waals surface area contributed by atoms with Crippen LogP contribution in [0.25, 0.3) is 33.2 Å². The van der Waals surface area contributed by atoms with Gasteiger partial charge in [0.2, 0.25) is 0 Å². The molecule has 2 aliphatic rings. The van der Waals surface area contributed by atoms with Crippen LogP contribution in [0.4, 0.5) is 16.2 Å². The van der Waals surface area contributed by atoms with E-state index in [4.69, 9.17) is 14.5 Å². The lowest BCUT2D eigenvalue weighted by Gasteiger charge is -2.37. The second-order valence-corrected chi connectivity index (χ2v) is 9.89. The van der Waals surface area contributed by atoms with Crippen LogP contribution in [0.1, 0.15) is 19.4 Å². The Balaban J connectivity index is 1.46. The van der Waals surface area contributed by atoms with Crippen molar-refractivity contribution >= 4 is 28.4 Å². The van der Waals surface area contributed by atoms with Crippen LogP contribution in [0.2, 0.25) is 0 Å². The Hall–Kier alpha value is -4.41. The standard InChI is InChI=1S/C31H28N4O3/c1-20-18-34(19-21(2)38-20)25-12-10-24(11-13-25)28-17-33-29-26(23-8-6-22(16-32)7-9-23)4-3-5-27(29)30(28)35-14-15-37-31(35)36/h3-13,17,20-21H,14-15,18-19H2,1-2H3. The highest BCUT2D eigenvalue weighted by atomic mass is 16.6. The highest BCUT2D eigenvalue weighted by Crippen LogP contribution is 2.41. The number of morpholine rings is 1. The van der Waals surface area contributed by atoms with E-state index < -0.39 is 0 Å². The van der Waals surface area contributed by atoms with Gasteiger partial charge in [-0.2, -0.15) is 5.26 Å². The van der Waals surface area contributed by atoms with Crippen LogP contribution in [0.15, 0.2) is 72.9 Å². The average Bonchev–Trinajstić information content (AvgIpc) is 3.37. The van der Waals surface area contributed by atoms with Crippen LogP contribution in [0.5, 0.6) is 0 Å². The smallest absolute Gasteiger partial charge is 0.414 e. The molecule has 7 nitrogen and oxygen atoms in total. The van der Waals surface area contributed by atoms with Crippen LogP contribution < -0.4 is 9.80 Å². The summed E-state index contributed by atoms with van der Waals surface area (Å²) in [5.41, 5.74) is 7.11. The average molecular weight is 505 g/mol. The molecule has 2 aliphatic heterocycles. The van der Waals surface area contributed by atoms with Gasteiger partial charge in [-0.1, -0.05) is 42.5 Å². The van der Waals surface area contributed by atoms with E-state index in [1.807, 2.05) is 36.5 Å². The molecular weight excluding hydrogens is 476 g/mol. The number of fused-ring (bicyclic) bond motifs is 1. The van der Waals surface area contributed by atoms with Crippen molar-refractivity contribution < 1.29 is 14.3 Å². The summed E-state index contributed by atoms with van der Waals surface area (Å²) in [6, 6.07) is 24.1. The fourth-order valence-corrected chi connectivity index (χ4v) is 5.51. The van der Waals surface area contributed by atoms with Crippen LogP contribution >= 0.6 is 0 Å². The van der Waals surface area contributed by atoms with E-state index in [2.05, 4.69) is 49.1 Å². The minimum atomic E-state index is -0.351. The normalized spacial score (nSPS) is 19.4. The molecule has 2 atom stereocenters. The van der Waals surface area contributed by atoms with Gasteiger partial charge in [0, 0.05) is 41.5 Å². The number of hydrogen-bond acceptors (Lipinski definition) is 6. The maximum Gasteiger partial charge on any atom is 0.414 e. The van der Waals surface area contributed by atoms with Crippen molar-refractivity contribution in [2.24, 2.45) is 0 Å². The predicted molar refractivity (Wildman–Crippen MR) is 148 cm³/mol. The molecule has 6 rings (SSSR count). The number of pyridine rings is 1. The van der Waals surface area contributed by atoms with Gasteiger partial charge in [0.05, 0.1) is 41.6 Å². The Morgan fingerprint density at radius 1 is 0.921 bits per heavy atom. The van der Waals surface area contributed by atoms with E-state index in [0.29, 0.717) is 18.7 Å². The third kappa shape index (κ3) is 4.33. The van der Waals surface area contributed by atoms with E-state index in [9.17, 15) is 10.1 Å². The largest absolute Gasteiger partial charge is 0.447 e. The van der Waals surface area contributed by atoms with Gasteiger partial charge in [0.25, 0.3) is 0 Å². The first-order chi connectivity index (χ1) is 18.5. The molecule has 190 valence electrons. The first-order valence-corrected chi connectivity index (χ1v) is 12.9. The van der Waals surface area contributed by atoms with Gasteiger partial charge in [-0.25, -0.2) is 4.79 Å². The summed E-state index contributed by atoms with van der Waals surface area (Å²) in [5.74, 6) is 0. The van der Waals surface area contributed by atoms with Gasteiger partial charge in [0.1, 0.15) is 6.61 Å². The van der Waals surface area contributed by atoms with Crippen molar-refractivity contribution in [3.05, 3.63) is 78.5 Å². The minimum absolute atomic E-state index is 0.182. The number of anilines is 2. The Labute approximate surface area is 221 Å². The van der Waals surface area contributed by atoms with Crippen molar-refractivity contribution in [2.45, 2.75) is 26.1 Å². The molecule has 0 aliphatic carbocycles. The van der Waals surface area contributed by atoms with Crippen molar-refractivity contribution in [3.63, 3.8) is 0 Å². The molecule has 4 aromatic rings. The van der Waals surface area contributed by atoms with Crippen LogP contribution in [0.3, 0.4) is 0 Å². The quantitative estimate of drug-likeness (QED) is 0.339. The van der Waals surface area contributed by atoms with Gasteiger partial charge in [-0.05, 0) is 49.2 Å². The lowest BCUT2D eigenvalue weighted by molar-refractivity contribution is -0.00521. The SMILES string of the molecule is CC1CN(c2ccc(-c3cnc4c(-c5ccc(C#N)cc5)cccc4c3N3CCOC3=O)cc2)CC(C)O1. The number of ether oxygens (including phenoxy) is 2. The number of cyclic esters (lactones) is 1. The van der Waals surface area contributed by atoms with Crippen LogP contribution in [-0.4, -0.2) is 49.5 Å². The summed E-state index contributed by atoms with van der Waals surface area (Å²) in [6.45, 7) is 6.74. The molecule has 2 fully saturated rings. The molecule has 1 amide bonds. The third-order valence-electron chi connectivity index (χ3n) is 7.19. The molecule has 3 aromatic carbocycles. The van der Waals surface area contributed by atoms with Crippen molar-refractivity contribution in [3.8, 4) is 28.3 Å². The number of benzene rings is 3. The van der Waals surface area contributed by atoms with Gasteiger partial charge in [-0.3, -0.25) is 9.88 Å². The lowest BCUT2D eigenvalue weighted by atomic mass is 9.96. The Morgan fingerprint density at radius 2 is 1.61 bits per heavy atom. The number of nitriles is 1. The zero-order valence-electron chi connectivity index (χ0n) is 21.4. The number of aromatic nitrogens is 1. The summed E-state index contributed by atoms with van der Waals surface area (Å²) in [6.07, 6.45) is 1.86.